The van der Waals surface area contributed by atoms with E-state index in [0.29, 0.717) is 18.7 Å². The van der Waals surface area contributed by atoms with Gasteiger partial charge < -0.3 is 19.9 Å². The quantitative estimate of drug-likeness (QED) is 0.652. The van der Waals surface area contributed by atoms with E-state index >= 15 is 0 Å². The van der Waals surface area contributed by atoms with Crippen molar-refractivity contribution < 1.29 is 9.90 Å². The first kappa shape index (κ1) is 16.6. The van der Waals surface area contributed by atoms with Crippen molar-refractivity contribution in [3.05, 3.63) is 41.2 Å². The van der Waals surface area contributed by atoms with Gasteiger partial charge in [-0.25, -0.2) is 4.98 Å². The summed E-state index contributed by atoms with van der Waals surface area (Å²) in [5.74, 6) is 0.664. The van der Waals surface area contributed by atoms with E-state index in [0.717, 1.165) is 41.3 Å². The lowest BCUT2D eigenvalue weighted by atomic mass is 10.2. The van der Waals surface area contributed by atoms with E-state index in [1.165, 1.54) is 0 Å². The highest BCUT2D eigenvalue weighted by molar-refractivity contribution is 5.97. The molecule has 2 aromatic heterocycles. The van der Waals surface area contributed by atoms with Gasteiger partial charge in [-0.2, -0.15) is 5.10 Å². The molecule has 1 fully saturated rings. The number of carbonyl (C=O) groups is 1. The van der Waals surface area contributed by atoms with E-state index < -0.39 is 0 Å². The predicted molar refractivity (Wildman–Crippen MR) is 98.0 cm³/mol. The molecule has 8 nitrogen and oxygen atoms in total. The number of hydrogen-bond acceptors (Lipinski definition) is 5. The molecule has 26 heavy (non-hydrogen) atoms. The first-order valence-corrected chi connectivity index (χ1v) is 8.70. The van der Waals surface area contributed by atoms with Crippen molar-refractivity contribution in [1.29, 1.82) is 0 Å². The number of nitrogens with zero attached hydrogens (tertiary/aromatic N) is 4. The Morgan fingerprint density at radius 2 is 2.27 bits per heavy atom. The van der Waals surface area contributed by atoms with Gasteiger partial charge in [0.25, 0.3) is 5.91 Å². The van der Waals surface area contributed by atoms with Crippen LogP contribution in [0.15, 0.2) is 24.3 Å². The lowest BCUT2D eigenvalue weighted by molar-refractivity contribution is 0.0950. The number of H-pyrrole nitrogens is 1. The molecule has 0 unspecified atom stereocenters. The number of hydrogen-bond donors (Lipinski definition) is 3. The van der Waals surface area contributed by atoms with Gasteiger partial charge in [0, 0.05) is 31.4 Å². The van der Waals surface area contributed by atoms with Crippen LogP contribution in [0, 0.1) is 6.92 Å². The van der Waals surface area contributed by atoms with Crippen LogP contribution in [-0.4, -0.2) is 50.0 Å². The van der Waals surface area contributed by atoms with E-state index in [2.05, 4.69) is 25.4 Å². The monoisotopic (exact) mass is 354 g/mol. The van der Waals surface area contributed by atoms with Gasteiger partial charge in [-0.15, -0.1) is 0 Å². The average Bonchev–Trinajstić information content (AvgIpc) is 3.32. The smallest absolute Gasteiger partial charge is 0.251 e. The minimum atomic E-state index is -0.304. The van der Waals surface area contributed by atoms with Crippen molar-refractivity contribution in [2.75, 3.05) is 18.0 Å². The topological polar surface area (TPSA) is 99.1 Å². The molecule has 1 aromatic carbocycles. The van der Waals surface area contributed by atoms with Gasteiger partial charge in [-0.1, -0.05) is 0 Å². The maximum atomic E-state index is 12.4. The number of fused-ring (bicyclic) bond motifs is 1. The van der Waals surface area contributed by atoms with Crippen LogP contribution in [0.2, 0.25) is 0 Å². The summed E-state index contributed by atoms with van der Waals surface area (Å²) >= 11 is 0. The molecule has 0 radical (unpaired) electrons. The van der Waals surface area contributed by atoms with E-state index in [4.69, 9.17) is 0 Å². The average molecular weight is 354 g/mol. The number of aromatic amines is 1. The molecule has 0 saturated carbocycles. The SMILES string of the molecule is Cc1cc(CNC(=O)c2ccc3c(c2)nc(N2CC[C@H](O)C2)n3C)n[nH]1. The number of rotatable bonds is 4. The zero-order valence-corrected chi connectivity index (χ0v) is 14.9. The van der Waals surface area contributed by atoms with Crippen LogP contribution in [0.25, 0.3) is 11.0 Å². The molecule has 1 aliphatic heterocycles. The first-order valence-electron chi connectivity index (χ1n) is 8.70. The maximum Gasteiger partial charge on any atom is 0.251 e. The first-order chi connectivity index (χ1) is 12.5. The van der Waals surface area contributed by atoms with Gasteiger partial charge in [0.2, 0.25) is 5.95 Å². The number of anilines is 1. The van der Waals surface area contributed by atoms with Crippen molar-refractivity contribution in [2.24, 2.45) is 7.05 Å². The van der Waals surface area contributed by atoms with Crippen LogP contribution in [0.4, 0.5) is 5.95 Å². The summed E-state index contributed by atoms with van der Waals surface area (Å²) in [4.78, 5) is 19.2. The molecule has 0 spiro atoms. The summed E-state index contributed by atoms with van der Waals surface area (Å²) in [5.41, 5.74) is 4.05. The van der Waals surface area contributed by atoms with Gasteiger partial charge in [-0.3, -0.25) is 9.89 Å². The fourth-order valence-corrected chi connectivity index (χ4v) is 3.37. The molecule has 4 rings (SSSR count). The van der Waals surface area contributed by atoms with Crippen molar-refractivity contribution in [3.63, 3.8) is 0 Å². The Balaban J connectivity index is 1.54. The number of nitrogens with one attached hydrogen (secondary N) is 2. The second kappa shape index (κ2) is 6.45. The minimum absolute atomic E-state index is 0.156. The highest BCUT2D eigenvalue weighted by atomic mass is 16.3. The van der Waals surface area contributed by atoms with E-state index in [9.17, 15) is 9.90 Å². The van der Waals surface area contributed by atoms with Crippen LogP contribution in [0.5, 0.6) is 0 Å². The minimum Gasteiger partial charge on any atom is -0.391 e. The van der Waals surface area contributed by atoms with Gasteiger partial charge >= 0.3 is 0 Å². The summed E-state index contributed by atoms with van der Waals surface area (Å²) in [6, 6.07) is 7.42. The highest BCUT2D eigenvalue weighted by Crippen LogP contribution is 2.25. The number of aliphatic hydroxyl groups is 1. The number of aromatic nitrogens is 4. The Kier molecular flexibility index (Phi) is 4.12. The van der Waals surface area contributed by atoms with E-state index in [1.54, 1.807) is 12.1 Å². The van der Waals surface area contributed by atoms with Crippen molar-refractivity contribution >= 4 is 22.9 Å². The Bertz CT molecular complexity index is 960. The molecule has 0 aliphatic carbocycles. The summed E-state index contributed by atoms with van der Waals surface area (Å²) in [5, 5.41) is 19.6. The molecule has 3 N–H and O–H groups in total. The van der Waals surface area contributed by atoms with E-state index in [-0.39, 0.29) is 12.0 Å². The summed E-state index contributed by atoms with van der Waals surface area (Å²) < 4.78 is 2.00. The lowest BCUT2D eigenvalue weighted by Crippen LogP contribution is -2.24. The van der Waals surface area contributed by atoms with E-state index in [1.807, 2.05) is 30.7 Å². The van der Waals surface area contributed by atoms with Crippen LogP contribution < -0.4 is 10.2 Å². The zero-order valence-electron chi connectivity index (χ0n) is 14.9. The molecule has 3 heterocycles. The molecule has 1 atom stereocenters. The molecule has 1 amide bonds. The van der Waals surface area contributed by atoms with Gasteiger partial charge in [0.1, 0.15) is 0 Å². The Labute approximate surface area is 150 Å². The predicted octanol–water partition coefficient (Wildman–Crippen LogP) is 1.11. The summed E-state index contributed by atoms with van der Waals surface area (Å²) in [7, 11) is 1.95. The molecule has 136 valence electrons. The normalized spacial score (nSPS) is 17.2. The molecule has 0 bridgehead atoms. The molecular weight excluding hydrogens is 332 g/mol. The van der Waals surface area contributed by atoms with Gasteiger partial charge in [-0.05, 0) is 37.6 Å². The molecule has 1 saturated heterocycles. The van der Waals surface area contributed by atoms with Crippen molar-refractivity contribution in [3.8, 4) is 0 Å². The van der Waals surface area contributed by atoms with Crippen molar-refractivity contribution in [2.45, 2.75) is 26.0 Å². The highest BCUT2D eigenvalue weighted by Gasteiger charge is 2.24. The third-order valence-corrected chi connectivity index (χ3v) is 4.75. The number of aliphatic hydroxyl groups excluding tert-OH is 1. The number of carbonyl (C=O) groups excluding carboxylic acids is 1. The number of imidazole rings is 1. The largest absolute Gasteiger partial charge is 0.391 e. The van der Waals surface area contributed by atoms with Crippen LogP contribution in [0.1, 0.15) is 28.2 Å². The standard InChI is InChI=1S/C18H22N6O2/c1-11-7-13(22-21-11)9-19-17(26)12-3-4-16-15(8-12)20-18(23(16)2)24-6-5-14(25)10-24/h3-4,7-8,14,25H,5-6,9-10H2,1-2H3,(H,19,26)(H,21,22)/t14-/m0/s1. The molecule has 3 aromatic rings. The molecule has 8 heteroatoms. The van der Waals surface area contributed by atoms with Crippen molar-refractivity contribution in [1.82, 2.24) is 25.1 Å². The third kappa shape index (κ3) is 3.03. The summed E-state index contributed by atoms with van der Waals surface area (Å²) in [6.07, 6.45) is 0.450. The number of aryl methyl sites for hydroxylation is 2. The number of benzene rings is 1. The Hall–Kier alpha value is -2.87. The zero-order chi connectivity index (χ0) is 18.3. The van der Waals surface area contributed by atoms with Crippen LogP contribution in [0.3, 0.4) is 0 Å². The third-order valence-electron chi connectivity index (χ3n) is 4.75. The van der Waals surface area contributed by atoms with Crippen LogP contribution >= 0.6 is 0 Å². The van der Waals surface area contributed by atoms with Gasteiger partial charge in [0.05, 0.1) is 29.4 Å². The second-order valence-electron chi connectivity index (χ2n) is 6.79. The second-order valence-corrected chi connectivity index (χ2v) is 6.79. The Morgan fingerprint density at radius 1 is 1.42 bits per heavy atom. The molecule has 1 aliphatic rings. The molecular formula is C18H22N6O2. The maximum absolute atomic E-state index is 12.4. The lowest BCUT2D eigenvalue weighted by Gasteiger charge is -2.16. The van der Waals surface area contributed by atoms with Gasteiger partial charge in [0.15, 0.2) is 0 Å². The summed E-state index contributed by atoms with van der Waals surface area (Å²) in [6.45, 7) is 3.67. The fraction of sp³-hybridized carbons (Fsp3) is 0.389. The number of β-amino-alcohol motifs (C(OH)–C–C–N with tert-alkyl or cyclic N) is 1. The van der Waals surface area contributed by atoms with Crippen LogP contribution in [-0.2, 0) is 13.6 Å². The fourth-order valence-electron chi connectivity index (χ4n) is 3.37. The number of amides is 1. The Morgan fingerprint density at radius 3 is 2.96 bits per heavy atom.